The van der Waals surface area contributed by atoms with Crippen molar-refractivity contribution in [3.05, 3.63) is 206 Å². The lowest BCUT2D eigenvalue weighted by molar-refractivity contribution is 0.669. The maximum Gasteiger partial charge on any atom is 0.136 e. The molecular weight excluding hydrogens is 669 g/mol. The van der Waals surface area contributed by atoms with Crippen molar-refractivity contribution in [3.8, 4) is 27.9 Å². The van der Waals surface area contributed by atoms with E-state index in [4.69, 9.17) is 4.42 Å². The van der Waals surface area contributed by atoms with Crippen LogP contribution in [0.15, 0.2) is 211 Å². The third-order valence-electron chi connectivity index (χ3n) is 10.9. The summed E-state index contributed by atoms with van der Waals surface area (Å²) < 4.78 is 8.74. The lowest BCUT2D eigenvalue weighted by Crippen LogP contribution is -2.11. The van der Waals surface area contributed by atoms with E-state index in [1.807, 2.05) is 0 Å². The monoisotopic (exact) mass is 702 g/mol. The number of benzene rings is 9. The Bertz CT molecular complexity index is 3190. The molecule has 3 nitrogen and oxygen atoms in total. The third kappa shape index (κ3) is 5.20. The Morgan fingerprint density at radius 1 is 0.364 bits per heavy atom. The molecule has 11 rings (SSSR count). The minimum absolute atomic E-state index is 0.900. The van der Waals surface area contributed by atoms with E-state index in [0.29, 0.717) is 0 Å². The number of rotatable bonds is 6. The summed E-state index contributed by atoms with van der Waals surface area (Å²) in [5.74, 6) is 0. The molecule has 0 aliphatic carbocycles. The summed E-state index contributed by atoms with van der Waals surface area (Å²) in [7, 11) is 0. The van der Waals surface area contributed by atoms with Crippen molar-refractivity contribution in [1.82, 2.24) is 4.57 Å². The summed E-state index contributed by atoms with van der Waals surface area (Å²) in [5.41, 5.74) is 13.2. The number of nitrogens with zero attached hydrogens (tertiary/aromatic N) is 2. The summed E-state index contributed by atoms with van der Waals surface area (Å²) in [4.78, 5) is 2.41. The van der Waals surface area contributed by atoms with Gasteiger partial charge in [0, 0.05) is 38.6 Å². The maximum absolute atomic E-state index is 6.33. The van der Waals surface area contributed by atoms with Gasteiger partial charge >= 0.3 is 0 Å². The Morgan fingerprint density at radius 2 is 0.982 bits per heavy atom. The van der Waals surface area contributed by atoms with Crippen LogP contribution in [0.2, 0.25) is 0 Å². The average molecular weight is 703 g/mol. The van der Waals surface area contributed by atoms with Crippen molar-refractivity contribution in [2.24, 2.45) is 0 Å². The second-order valence-corrected chi connectivity index (χ2v) is 14.2. The smallest absolute Gasteiger partial charge is 0.136 e. The normalized spacial score (nSPS) is 11.6. The molecule has 0 unspecified atom stereocenters. The molecule has 9 aromatic carbocycles. The van der Waals surface area contributed by atoms with Gasteiger partial charge in [0.15, 0.2) is 0 Å². The lowest BCUT2D eigenvalue weighted by Gasteiger charge is -2.28. The summed E-state index contributed by atoms with van der Waals surface area (Å²) in [6.07, 6.45) is 0. The van der Waals surface area contributed by atoms with E-state index >= 15 is 0 Å². The first-order valence-corrected chi connectivity index (χ1v) is 18.8. The summed E-state index contributed by atoms with van der Waals surface area (Å²) in [6.45, 7) is 0. The van der Waals surface area contributed by atoms with Gasteiger partial charge in [0.25, 0.3) is 0 Å². The molecule has 0 amide bonds. The SMILES string of the molecule is c1ccc(-c2cccc(N(c3ccc(-c4ccc5oc6cc7ccccc7cc6c5c4)cc3)c3cccc4c5ccccc5n(-c5ccccc5)c34)c2)cc1. The number of hydrogen-bond donors (Lipinski definition) is 0. The van der Waals surface area contributed by atoms with Gasteiger partial charge in [0.05, 0.1) is 16.7 Å². The highest BCUT2D eigenvalue weighted by molar-refractivity contribution is 6.15. The van der Waals surface area contributed by atoms with Crippen LogP contribution in [0.4, 0.5) is 17.1 Å². The lowest BCUT2D eigenvalue weighted by atomic mass is 10.0. The molecule has 0 fully saturated rings. The van der Waals surface area contributed by atoms with Crippen LogP contribution >= 0.6 is 0 Å². The molecule has 0 aliphatic rings. The molecule has 0 radical (unpaired) electrons. The molecule has 0 saturated heterocycles. The van der Waals surface area contributed by atoms with Crippen LogP contribution in [0.5, 0.6) is 0 Å². The second kappa shape index (κ2) is 12.6. The first-order valence-electron chi connectivity index (χ1n) is 18.8. The molecular formula is C52H34N2O. The zero-order chi connectivity index (χ0) is 36.3. The van der Waals surface area contributed by atoms with Crippen LogP contribution in [0, 0.1) is 0 Å². The van der Waals surface area contributed by atoms with Gasteiger partial charge in [-0.3, -0.25) is 0 Å². The number of fused-ring (bicyclic) bond motifs is 7. The first-order chi connectivity index (χ1) is 27.3. The Morgan fingerprint density at radius 3 is 1.82 bits per heavy atom. The number of hydrogen-bond acceptors (Lipinski definition) is 2. The van der Waals surface area contributed by atoms with Gasteiger partial charge in [-0.05, 0) is 106 Å². The van der Waals surface area contributed by atoms with Gasteiger partial charge in [-0.2, -0.15) is 0 Å². The molecule has 0 atom stereocenters. The Hall–Kier alpha value is -7.36. The van der Waals surface area contributed by atoms with E-state index in [0.717, 1.165) is 61.3 Å². The van der Waals surface area contributed by atoms with E-state index in [-0.39, 0.29) is 0 Å². The summed E-state index contributed by atoms with van der Waals surface area (Å²) >= 11 is 0. The highest BCUT2D eigenvalue weighted by Gasteiger charge is 2.22. The summed E-state index contributed by atoms with van der Waals surface area (Å²) in [5, 5.41) is 7.10. The van der Waals surface area contributed by atoms with Crippen LogP contribution in [0.25, 0.3) is 82.5 Å². The molecule has 0 N–H and O–H groups in total. The third-order valence-corrected chi connectivity index (χ3v) is 10.9. The highest BCUT2D eigenvalue weighted by Crippen LogP contribution is 2.44. The van der Waals surface area contributed by atoms with Crippen molar-refractivity contribution in [2.75, 3.05) is 4.90 Å². The highest BCUT2D eigenvalue weighted by atomic mass is 16.3. The average Bonchev–Trinajstić information content (AvgIpc) is 3.79. The van der Waals surface area contributed by atoms with Crippen LogP contribution in [0.1, 0.15) is 0 Å². The fourth-order valence-corrected chi connectivity index (χ4v) is 8.35. The van der Waals surface area contributed by atoms with Crippen molar-refractivity contribution >= 4 is 71.6 Å². The van der Waals surface area contributed by atoms with Crippen molar-refractivity contribution in [2.45, 2.75) is 0 Å². The molecule has 55 heavy (non-hydrogen) atoms. The van der Waals surface area contributed by atoms with Gasteiger partial charge < -0.3 is 13.9 Å². The van der Waals surface area contributed by atoms with E-state index in [2.05, 4.69) is 216 Å². The van der Waals surface area contributed by atoms with Crippen molar-refractivity contribution in [3.63, 3.8) is 0 Å². The summed E-state index contributed by atoms with van der Waals surface area (Å²) in [6, 6.07) is 74.0. The standard InChI is InChI=1S/C52H34N2O/c1-3-13-35(14-4-1)37-17-11-20-43(31-37)53(49-24-12-22-45-44-21-9-10-23-48(44)54(52(45)49)41-18-5-2-6-19-41)42-28-25-36(26-29-42)40-27-30-50-46(33-40)47-32-38-15-7-8-16-39(38)34-51(47)55-50/h1-34H. The van der Waals surface area contributed by atoms with Gasteiger partial charge in [0.2, 0.25) is 0 Å². The first kappa shape index (κ1) is 31.2. The van der Waals surface area contributed by atoms with E-state index in [9.17, 15) is 0 Å². The minimum Gasteiger partial charge on any atom is -0.456 e. The zero-order valence-corrected chi connectivity index (χ0v) is 29.9. The Balaban J connectivity index is 1.10. The topological polar surface area (TPSA) is 21.3 Å². The van der Waals surface area contributed by atoms with Crippen molar-refractivity contribution < 1.29 is 4.42 Å². The quantitative estimate of drug-likeness (QED) is 0.172. The molecule has 258 valence electrons. The van der Waals surface area contributed by atoms with Crippen molar-refractivity contribution in [1.29, 1.82) is 0 Å². The van der Waals surface area contributed by atoms with E-state index in [1.165, 1.54) is 38.2 Å². The number of furan rings is 1. The van der Waals surface area contributed by atoms with Crippen LogP contribution in [-0.4, -0.2) is 4.57 Å². The second-order valence-electron chi connectivity index (χ2n) is 14.2. The van der Waals surface area contributed by atoms with Gasteiger partial charge in [0.1, 0.15) is 11.2 Å². The molecule has 0 spiro atoms. The fourth-order valence-electron chi connectivity index (χ4n) is 8.35. The van der Waals surface area contributed by atoms with E-state index < -0.39 is 0 Å². The largest absolute Gasteiger partial charge is 0.456 e. The van der Waals surface area contributed by atoms with Gasteiger partial charge in [-0.15, -0.1) is 0 Å². The number of anilines is 3. The number of para-hydroxylation sites is 3. The zero-order valence-electron chi connectivity index (χ0n) is 29.9. The van der Waals surface area contributed by atoms with Crippen LogP contribution in [0.3, 0.4) is 0 Å². The Kier molecular flexibility index (Phi) is 7.17. The predicted octanol–water partition coefficient (Wildman–Crippen LogP) is 14.6. The van der Waals surface area contributed by atoms with E-state index in [1.54, 1.807) is 0 Å². The molecule has 2 aromatic heterocycles. The van der Waals surface area contributed by atoms with Crippen LogP contribution < -0.4 is 4.90 Å². The predicted molar refractivity (Wildman–Crippen MR) is 231 cm³/mol. The molecule has 0 saturated carbocycles. The molecule has 0 aliphatic heterocycles. The molecule has 2 heterocycles. The molecule has 3 heteroatoms. The fraction of sp³-hybridized carbons (Fsp3) is 0. The molecule has 0 bridgehead atoms. The Labute approximate surface area is 318 Å². The van der Waals surface area contributed by atoms with Crippen LogP contribution in [-0.2, 0) is 0 Å². The minimum atomic E-state index is 0.900. The van der Waals surface area contributed by atoms with Gasteiger partial charge in [-0.25, -0.2) is 0 Å². The maximum atomic E-state index is 6.33. The van der Waals surface area contributed by atoms with Gasteiger partial charge in [-0.1, -0.05) is 133 Å². The molecule has 11 aromatic rings. The number of aromatic nitrogens is 1.